The Morgan fingerprint density at radius 2 is 1.57 bits per heavy atom. The number of nitro groups is 1. The number of carbonyl (C=O) groups is 2. The van der Waals surface area contributed by atoms with Gasteiger partial charge in [0.25, 0.3) is 0 Å². The lowest BCUT2D eigenvalue weighted by atomic mass is 9.74. The predicted octanol–water partition coefficient (Wildman–Crippen LogP) is 5.73. The van der Waals surface area contributed by atoms with Gasteiger partial charge in [-0.25, -0.2) is 0 Å². The van der Waals surface area contributed by atoms with Crippen molar-refractivity contribution in [2.24, 2.45) is 0 Å². The van der Waals surface area contributed by atoms with E-state index in [1.807, 2.05) is 0 Å². The van der Waals surface area contributed by atoms with E-state index in [-0.39, 0.29) is 30.5 Å². The van der Waals surface area contributed by atoms with Crippen molar-refractivity contribution in [3.63, 3.8) is 0 Å². The first-order chi connectivity index (χ1) is 16.1. The molecule has 190 valence electrons. The van der Waals surface area contributed by atoms with Crippen LogP contribution < -0.4 is 5.32 Å². The summed E-state index contributed by atoms with van der Waals surface area (Å²) in [4.78, 5) is 34.0. The molecule has 0 heterocycles. The van der Waals surface area contributed by atoms with E-state index < -0.39 is 57.6 Å². The fraction of sp³-hybridized carbons (Fsp3) is 0.364. The number of halogens is 7. The molecule has 6 nitrogen and oxygen atoms in total. The predicted molar refractivity (Wildman–Crippen MR) is 114 cm³/mol. The van der Waals surface area contributed by atoms with E-state index in [0.717, 1.165) is 0 Å². The van der Waals surface area contributed by atoms with Crippen LogP contribution in [0.1, 0.15) is 46.8 Å². The molecule has 0 aliphatic carbocycles. The second-order valence-electron chi connectivity index (χ2n) is 7.72. The van der Waals surface area contributed by atoms with Crippen LogP contribution in [-0.4, -0.2) is 29.3 Å². The normalized spacial score (nSPS) is 13.7. The van der Waals surface area contributed by atoms with E-state index >= 15 is 0 Å². The third-order valence-electron chi connectivity index (χ3n) is 5.27. The van der Waals surface area contributed by atoms with Gasteiger partial charge in [-0.2, -0.15) is 26.3 Å². The van der Waals surface area contributed by atoms with Crippen molar-refractivity contribution in [1.29, 1.82) is 0 Å². The zero-order valence-electron chi connectivity index (χ0n) is 18.1. The number of ketones is 1. The van der Waals surface area contributed by atoms with Crippen LogP contribution in [0.15, 0.2) is 42.5 Å². The Bertz CT molecular complexity index is 1100. The monoisotopic (exact) mass is 524 g/mol. The number of Topliss-reactive ketones (excluding diaryl/α,β-unsaturated/α-hetero) is 1. The molecular formula is C22H19ClF6N2O4. The van der Waals surface area contributed by atoms with Gasteiger partial charge in [0.2, 0.25) is 12.5 Å². The summed E-state index contributed by atoms with van der Waals surface area (Å²) in [5, 5.41) is 13.1. The number of nitrogens with one attached hydrogen (secondary N) is 1. The van der Waals surface area contributed by atoms with Crippen LogP contribution in [0.3, 0.4) is 0 Å². The van der Waals surface area contributed by atoms with Crippen molar-refractivity contribution >= 4 is 23.3 Å². The lowest BCUT2D eigenvalue weighted by Crippen LogP contribution is -2.49. The lowest BCUT2D eigenvalue weighted by Gasteiger charge is -2.33. The zero-order chi connectivity index (χ0) is 26.6. The second-order valence-corrected chi connectivity index (χ2v) is 8.16. The van der Waals surface area contributed by atoms with E-state index in [4.69, 9.17) is 11.6 Å². The highest BCUT2D eigenvalue weighted by molar-refractivity contribution is 6.30. The molecule has 0 bridgehead atoms. The second kappa shape index (κ2) is 10.6. The Morgan fingerprint density at radius 3 is 2.06 bits per heavy atom. The van der Waals surface area contributed by atoms with Gasteiger partial charge >= 0.3 is 12.4 Å². The molecule has 2 rings (SSSR count). The van der Waals surface area contributed by atoms with E-state index in [2.05, 4.69) is 5.32 Å². The van der Waals surface area contributed by atoms with Gasteiger partial charge in [-0.15, -0.1) is 0 Å². The first-order valence-corrected chi connectivity index (χ1v) is 10.4. The Kier molecular flexibility index (Phi) is 8.53. The minimum Gasteiger partial charge on any atom is -0.352 e. The molecule has 13 heteroatoms. The largest absolute Gasteiger partial charge is 0.416 e. The van der Waals surface area contributed by atoms with Gasteiger partial charge in [-0.05, 0) is 29.3 Å². The average molecular weight is 525 g/mol. The highest BCUT2D eigenvalue weighted by Crippen LogP contribution is 2.47. The van der Waals surface area contributed by atoms with Gasteiger partial charge in [0.1, 0.15) is 0 Å². The minimum absolute atomic E-state index is 0.0949. The summed E-state index contributed by atoms with van der Waals surface area (Å²) < 4.78 is 82.6. The van der Waals surface area contributed by atoms with E-state index in [9.17, 15) is 46.0 Å². The highest BCUT2D eigenvalue weighted by Gasteiger charge is 2.61. The molecular weight excluding hydrogens is 506 g/mol. The third kappa shape index (κ3) is 6.93. The maximum atomic E-state index is 14.3. The molecule has 1 amide bonds. The fourth-order valence-electron chi connectivity index (χ4n) is 3.36. The van der Waals surface area contributed by atoms with Crippen molar-refractivity contribution in [3.8, 4) is 0 Å². The van der Waals surface area contributed by atoms with Crippen LogP contribution in [-0.2, 0) is 22.9 Å². The van der Waals surface area contributed by atoms with Crippen LogP contribution in [0.2, 0.25) is 5.02 Å². The van der Waals surface area contributed by atoms with Crippen molar-refractivity contribution in [1.82, 2.24) is 5.32 Å². The molecule has 35 heavy (non-hydrogen) atoms. The quantitative estimate of drug-likeness (QED) is 0.196. The van der Waals surface area contributed by atoms with Crippen molar-refractivity contribution in [3.05, 3.63) is 79.9 Å². The standard InChI is InChI=1S/C22H19ClF6N2O4/c1-2-19(33)30-11-13-3-5-14(6-4-13)18(32)10-20(12-31(34)35,22(27,28)29)15-7-16(21(24,25)26)9-17(23)8-15/h3-9H,2,10-12H2,1H3,(H,30,33). The number of hydrogen-bond donors (Lipinski definition) is 1. The van der Waals surface area contributed by atoms with Crippen molar-refractivity contribution in [2.75, 3.05) is 6.54 Å². The average Bonchev–Trinajstić information content (AvgIpc) is 2.75. The number of alkyl halides is 6. The van der Waals surface area contributed by atoms with Gasteiger partial charge in [0.05, 0.1) is 5.56 Å². The molecule has 0 spiro atoms. The Hall–Kier alpha value is -3.15. The first-order valence-electron chi connectivity index (χ1n) is 10.0. The molecule has 0 aliphatic rings. The molecule has 2 aromatic rings. The van der Waals surface area contributed by atoms with Crippen LogP contribution in [0.4, 0.5) is 26.3 Å². The molecule has 0 saturated heterocycles. The van der Waals surface area contributed by atoms with Crippen molar-refractivity contribution in [2.45, 2.75) is 44.1 Å². The Labute approximate surface area is 200 Å². The molecule has 1 N–H and O–H groups in total. The number of amides is 1. The van der Waals surface area contributed by atoms with E-state index in [1.54, 1.807) is 6.92 Å². The molecule has 1 atom stereocenters. The van der Waals surface area contributed by atoms with Crippen LogP contribution in [0.25, 0.3) is 0 Å². The summed E-state index contributed by atoms with van der Waals surface area (Å²) in [7, 11) is 0. The summed E-state index contributed by atoms with van der Waals surface area (Å²) in [6.45, 7) is -0.161. The fourth-order valence-corrected chi connectivity index (χ4v) is 3.60. The van der Waals surface area contributed by atoms with Crippen LogP contribution in [0, 0.1) is 10.1 Å². The third-order valence-corrected chi connectivity index (χ3v) is 5.49. The number of hydrogen-bond acceptors (Lipinski definition) is 4. The number of benzene rings is 2. The maximum Gasteiger partial charge on any atom is 0.416 e. The number of carbonyl (C=O) groups excluding carboxylic acids is 2. The van der Waals surface area contributed by atoms with E-state index in [0.29, 0.717) is 17.7 Å². The minimum atomic E-state index is -5.48. The van der Waals surface area contributed by atoms with Gasteiger partial charge in [-0.1, -0.05) is 42.8 Å². The van der Waals surface area contributed by atoms with Gasteiger partial charge in [0, 0.05) is 34.9 Å². The van der Waals surface area contributed by atoms with Gasteiger partial charge < -0.3 is 5.32 Å². The summed E-state index contributed by atoms with van der Waals surface area (Å²) in [5.74, 6) is -1.43. The zero-order valence-corrected chi connectivity index (χ0v) is 18.9. The van der Waals surface area contributed by atoms with Gasteiger partial charge in [-0.3, -0.25) is 19.7 Å². The van der Waals surface area contributed by atoms with Gasteiger partial charge in [0.15, 0.2) is 11.2 Å². The van der Waals surface area contributed by atoms with Crippen LogP contribution in [0.5, 0.6) is 0 Å². The Morgan fingerprint density at radius 1 is 1.00 bits per heavy atom. The van der Waals surface area contributed by atoms with E-state index in [1.165, 1.54) is 24.3 Å². The molecule has 0 aromatic heterocycles. The topological polar surface area (TPSA) is 89.3 Å². The summed E-state index contributed by atoms with van der Waals surface area (Å²) in [5.41, 5.74) is -5.98. The molecule has 0 radical (unpaired) electrons. The number of nitrogens with zero attached hydrogens (tertiary/aromatic N) is 1. The summed E-state index contributed by atoms with van der Waals surface area (Å²) in [6, 6.07) is 6.12. The molecule has 0 saturated carbocycles. The van der Waals surface area contributed by atoms with Crippen molar-refractivity contribution < 1.29 is 40.9 Å². The summed E-state index contributed by atoms with van der Waals surface area (Å²) >= 11 is 5.63. The molecule has 0 fully saturated rings. The van der Waals surface area contributed by atoms with Crippen LogP contribution >= 0.6 is 11.6 Å². The smallest absolute Gasteiger partial charge is 0.352 e. The lowest BCUT2D eigenvalue weighted by molar-refractivity contribution is -0.501. The highest BCUT2D eigenvalue weighted by atomic mass is 35.5. The maximum absolute atomic E-state index is 14.3. The molecule has 0 aliphatic heterocycles. The number of rotatable bonds is 9. The molecule has 2 aromatic carbocycles. The first kappa shape index (κ1) is 28.1. The Balaban J connectivity index is 2.52. The molecule has 1 unspecified atom stereocenters. The summed E-state index contributed by atoms with van der Waals surface area (Å²) in [6.07, 6.45) is -11.9. The SMILES string of the molecule is CCC(=O)NCc1ccc(C(=O)CC(C[N+](=O)[O-])(c2cc(Cl)cc(C(F)(F)F)c2)C(F)(F)F)cc1.